The monoisotopic (exact) mass is 360 g/mol. The van der Waals surface area contributed by atoms with Gasteiger partial charge in [-0.05, 0) is 11.6 Å². The van der Waals surface area contributed by atoms with Gasteiger partial charge in [-0.25, -0.2) is 0 Å². The highest BCUT2D eigenvalue weighted by Crippen LogP contribution is 2.23. The van der Waals surface area contributed by atoms with E-state index in [1.54, 1.807) is 24.4 Å². The van der Waals surface area contributed by atoms with Crippen molar-refractivity contribution in [2.75, 3.05) is 0 Å². The summed E-state index contributed by atoms with van der Waals surface area (Å²) in [5.74, 6) is -0.156. The van der Waals surface area contributed by atoms with Crippen molar-refractivity contribution in [3.63, 3.8) is 0 Å². The Morgan fingerprint density at radius 3 is 2.33 bits per heavy atom. The topological polar surface area (TPSA) is 133 Å². The molecule has 8 nitrogen and oxygen atoms in total. The minimum absolute atomic E-state index is 0.0240. The molecule has 4 N–H and O–H groups in total. The number of hydrogen-bond donors (Lipinski definition) is 2. The SMILES string of the molecule is NC(N)=N/N=C(/c1ccccc1)c1ccc(-c2cccc([N+](=O)[O-])c2)cn1. The van der Waals surface area contributed by atoms with Gasteiger partial charge in [0.1, 0.15) is 5.71 Å². The molecule has 2 aromatic carbocycles. The van der Waals surface area contributed by atoms with Crippen molar-refractivity contribution < 1.29 is 4.92 Å². The average Bonchev–Trinajstić information content (AvgIpc) is 2.69. The number of hydrogen-bond acceptors (Lipinski definition) is 5. The quantitative estimate of drug-likeness (QED) is 0.312. The first-order valence-electron chi connectivity index (χ1n) is 7.98. The molecule has 0 unspecified atom stereocenters. The summed E-state index contributed by atoms with van der Waals surface area (Å²) in [4.78, 5) is 15.0. The summed E-state index contributed by atoms with van der Waals surface area (Å²) in [6.07, 6.45) is 1.63. The number of nitro groups is 1. The number of guanidine groups is 1. The molecule has 0 spiro atoms. The van der Waals surface area contributed by atoms with Crippen LogP contribution in [0.2, 0.25) is 0 Å². The first-order chi connectivity index (χ1) is 13.0. The lowest BCUT2D eigenvalue weighted by Gasteiger charge is -2.07. The van der Waals surface area contributed by atoms with Crippen molar-refractivity contribution in [3.05, 3.63) is 94.3 Å². The molecule has 0 radical (unpaired) electrons. The normalized spacial score (nSPS) is 11.0. The molecule has 0 fully saturated rings. The highest BCUT2D eigenvalue weighted by atomic mass is 16.6. The third kappa shape index (κ3) is 4.31. The van der Waals surface area contributed by atoms with Crippen LogP contribution >= 0.6 is 0 Å². The molecule has 0 saturated carbocycles. The smallest absolute Gasteiger partial charge is 0.270 e. The number of aromatic nitrogens is 1. The van der Waals surface area contributed by atoms with E-state index in [-0.39, 0.29) is 11.6 Å². The molecule has 0 atom stereocenters. The van der Waals surface area contributed by atoms with Gasteiger partial charge in [0.05, 0.1) is 10.6 Å². The number of non-ortho nitro benzene ring substituents is 1. The summed E-state index contributed by atoms with van der Waals surface area (Å²) < 4.78 is 0. The Morgan fingerprint density at radius 1 is 0.926 bits per heavy atom. The molecule has 0 aliphatic heterocycles. The van der Waals surface area contributed by atoms with Gasteiger partial charge in [0.2, 0.25) is 5.96 Å². The van der Waals surface area contributed by atoms with Crippen molar-refractivity contribution in [2.24, 2.45) is 21.7 Å². The maximum Gasteiger partial charge on any atom is 0.270 e. The molecular formula is C19H16N6O2. The van der Waals surface area contributed by atoms with Gasteiger partial charge < -0.3 is 11.5 Å². The van der Waals surface area contributed by atoms with Crippen LogP contribution in [-0.4, -0.2) is 21.6 Å². The Bertz CT molecular complexity index is 1010. The molecular weight excluding hydrogens is 344 g/mol. The van der Waals surface area contributed by atoms with Gasteiger partial charge in [-0.15, -0.1) is 10.2 Å². The molecule has 0 saturated heterocycles. The summed E-state index contributed by atoms with van der Waals surface area (Å²) in [7, 11) is 0. The summed E-state index contributed by atoms with van der Waals surface area (Å²) in [5, 5.41) is 18.8. The van der Waals surface area contributed by atoms with Gasteiger partial charge >= 0.3 is 0 Å². The zero-order valence-electron chi connectivity index (χ0n) is 14.2. The molecule has 0 aliphatic rings. The maximum absolute atomic E-state index is 11.0. The molecule has 0 aliphatic carbocycles. The molecule has 27 heavy (non-hydrogen) atoms. The largest absolute Gasteiger partial charge is 0.369 e. The number of pyridine rings is 1. The van der Waals surface area contributed by atoms with Crippen molar-refractivity contribution in [1.82, 2.24) is 4.98 Å². The van der Waals surface area contributed by atoms with Crippen LogP contribution in [0.1, 0.15) is 11.3 Å². The van der Waals surface area contributed by atoms with Gasteiger partial charge in [-0.2, -0.15) is 0 Å². The first-order valence-corrected chi connectivity index (χ1v) is 7.98. The standard InChI is InChI=1S/C19H16N6O2/c20-19(21)24-23-18(13-5-2-1-3-6-13)17-10-9-15(12-22-17)14-7-4-8-16(11-14)25(26)27/h1-12H,(H4,20,21,24)/b23-18-. The third-order valence-electron chi connectivity index (χ3n) is 3.71. The van der Waals surface area contributed by atoms with Crippen LogP contribution in [0.4, 0.5) is 5.69 Å². The van der Waals surface area contributed by atoms with Crippen LogP contribution < -0.4 is 11.5 Å². The lowest BCUT2D eigenvalue weighted by molar-refractivity contribution is -0.384. The van der Waals surface area contributed by atoms with E-state index in [1.165, 1.54) is 12.1 Å². The summed E-state index contributed by atoms with van der Waals surface area (Å²) in [6, 6.07) is 19.3. The second kappa shape index (κ2) is 7.87. The molecule has 1 aromatic heterocycles. The number of nitro benzene ring substituents is 1. The van der Waals surface area contributed by atoms with Gasteiger partial charge in [-0.1, -0.05) is 48.5 Å². The van der Waals surface area contributed by atoms with E-state index in [0.29, 0.717) is 17.0 Å². The zero-order chi connectivity index (χ0) is 19.2. The van der Waals surface area contributed by atoms with Crippen LogP contribution in [0.25, 0.3) is 11.1 Å². The van der Waals surface area contributed by atoms with Crippen LogP contribution in [0.3, 0.4) is 0 Å². The van der Waals surface area contributed by atoms with Gasteiger partial charge in [0.25, 0.3) is 5.69 Å². The van der Waals surface area contributed by atoms with Crippen LogP contribution in [0.15, 0.2) is 83.1 Å². The van der Waals surface area contributed by atoms with E-state index in [4.69, 9.17) is 11.5 Å². The Balaban J connectivity index is 1.99. The van der Waals surface area contributed by atoms with Crippen molar-refractivity contribution in [2.45, 2.75) is 0 Å². The first kappa shape index (κ1) is 17.7. The van der Waals surface area contributed by atoms with E-state index in [2.05, 4.69) is 15.2 Å². The predicted molar refractivity (Wildman–Crippen MR) is 104 cm³/mol. The maximum atomic E-state index is 11.0. The Morgan fingerprint density at radius 2 is 1.70 bits per heavy atom. The summed E-state index contributed by atoms with van der Waals surface area (Å²) >= 11 is 0. The van der Waals surface area contributed by atoms with Crippen LogP contribution in [0.5, 0.6) is 0 Å². The zero-order valence-corrected chi connectivity index (χ0v) is 14.2. The number of nitrogens with zero attached hydrogens (tertiary/aromatic N) is 4. The molecule has 1 heterocycles. The highest BCUT2D eigenvalue weighted by Gasteiger charge is 2.11. The Hall–Kier alpha value is -4.07. The van der Waals surface area contributed by atoms with Gasteiger partial charge in [0.15, 0.2) is 0 Å². The van der Waals surface area contributed by atoms with Crippen LogP contribution in [-0.2, 0) is 0 Å². The van der Waals surface area contributed by atoms with Crippen molar-refractivity contribution >= 4 is 17.4 Å². The number of rotatable bonds is 5. The van der Waals surface area contributed by atoms with E-state index < -0.39 is 4.92 Å². The minimum Gasteiger partial charge on any atom is -0.369 e. The van der Waals surface area contributed by atoms with E-state index in [0.717, 1.165) is 11.1 Å². The molecule has 134 valence electrons. The van der Waals surface area contributed by atoms with Gasteiger partial charge in [-0.3, -0.25) is 15.1 Å². The van der Waals surface area contributed by atoms with E-state index in [9.17, 15) is 10.1 Å². The predicted octanol–water partition coefficient (Wildman–Crippen LogP) is 2.68. The lowest BCUT2D eigenvalue weighted by Crippen LogP contribution is -2.22. The molecule has 0 amide bonds. The fourth-order valence-corrected chi connectivity index (χ4v) is 2.46. The minimum atomic E-state index is -0.430. The third-order valence-corrected chi connectivity index (χ3v) is 3.71. The molecule has 3 aromatic rings. The van der Waals surface area contributed by atoms with E-state index in [1.807, 2.05) is 36.4 Å². The van der Waals surface area contributed by atoms with E-state index >= 15 is 0 Å². The van der Waals surface area contributed by atoms with Crippen molar-refractivity contribution in [1.29, 1.82) is 0 Å². The average molecular weight is 360 g/mol. The fraction of sp³-hybridized carbons (Fsp3) is 0. The second-order valence-electron chi connectivity index (χ2n) is 5.58. The number of nitrogens with two attached hydrogens (primary N) is 2. The second-order valence-corrected chi connectivity index (χ2v) is 5.58. The van der Waals surface area contributed by atoms with Gasteiger partial charge in [0, 0.05) is 29.5 Å². The summed E-state index contributed by atoms with van der Waals surface area (Å²) in [5.41, 5.74) is 14.1. The highest BCUT2D eigenvalue weighted by molar-refractivity contribution is 6.11. The Kier molecular flexibility index (Phi) is 5.17. The molecule has 8 heteroatoms. The molecule has 0 bridgehead atoms. The van der Waals surface area contributed by atoms with Crippen molar-refractivity contribution in [3.8, 4) is 11.1 Å². The lowest BCUT2D eigenvalue weighted by atomic mass is 10.0. The molecule has 3 rings (SSSR count). The fourth-order valence-electron chi connectivity index (χ4n) is 2.46. The Labute approximate surface area is 155 Å². The number of benzene rings is 2. The summed E-state index contributed by atoms with van der Waals surface area (Å²) in [6.45, 7) is 0. The van der Waals surface area contributed by atoms with Crippen LogP contribution in [0, 0.1) is 10.1 Å².